The van der Waals surface area contributed by atoms with Crippen molar-refractivity contribution in [2.45, 2.75) is 18.9 Å². The van der Waals surface area contributed by atoms with Crippen LogP contribution in [0.15, 0.2) is 18.3 Å². The molecule has 3 heterocycles. The van der Waals surface area contributed by atoms with Crippen LogP contribution in [0.5, 0.6) is 0 Å². The molecule has 0 spiro atoms. The van der Waals surface area contributed by atoms with E-state index < -0.39 is 0 Å². The molecule has 0 bridgehead atoms. The fraction of sp³-hybridized carbons (Fsp3) is 0.400. The predicted molar refractivity (Wildman–Crippen MR) is 55.9 cm³/mol. The van der Waals surface area contributed by atoms with Crippen molar-refractivity contribution in [3.63, 3.8) is 0 Å². The van der Waals surface area contributed by atoms with Crippen molar-refractivity contribution in [2.75, 3.05) is 6.61 Å². The molecule has 0 amide bonds. The number of aromatic nitrogens is 3. The van der Waals surface area contributed by atoms with E-state index in [2.05, 4.69) is 10.1 Å². The average molecular weight is 224 g/mol. The van der Waals surface area contributed by atoms with E-state index in [-0.39, 0.29) is 6.10 Å². The maximum atomic E-state index is 5.88. The zero-order valence-electron chi connectivity index (χ0n) is 8.06. The highest BCUT2D eigenvalue weighted by atomic mass is 35.5. The second-order valence-corrected chi connectivity index (χ2v) is 4.06. The molecule has 2 aromatic heterocycles. The van der Waals surface area contributed by atoms with Crippen LogP contribution in [0.2, 0.25) is 5.02 Å². The van der Waals surface area contributed by atoms with Gasteiger partial charge in [-0.2, -0.15) is 0 Å². The zero-order chi connectivity index (χ0) is 10.3. The summed E-state index contributed by atoms with van der Waals surface area (Å²) in [7, 11) is 0. The van der Waals surface area contributed by atoms with E-state index in [1.807, 2.05) is 6.20 Å². The van der Waals surface area contributed by atoms with Crippen LogP contribution in [0.4, 0.5) is 0 Å². The smallest absolute Gasteiger partial charge is 0.180 e. The van der Waals surface area contributed by atoms with Gasteiger partial charge in [0.25, 0.3) is 0 Å². The van der Waals surface area contributed by atoms with E-state index in [1.54, 1.807) is 16.6 Å². The minimum absolute atomic E-state index is 0.0590. The van der Waals surface area contributed by atoms with E-state index in [0.29, 0.717) is 5.02 Å². The number of pyridine rings is 1. The molecular weight excluding hydrogens is 214 g/mol. The topological polar surface area (TPSA) is 39.4 Å². The van der Waals surface area contributed by atoms with Crippen LogP contribution >= 0.6 is 11.6 Å². The van der Waals surface area contributed by atoms with Gasteiger partial charge >= 0.3 is 0 Å². The Morgan fingerprint density at radius 2 is 2.47 bits per heavy atom. The van der Waals surface area contributed by atoms with E-state index >= 15 is 0 Å². The Bertz CT molecular complexity index is 490. The monoisotopic (exact) mass is 223 g/mol. The van der Waals surface area contributed by atoms with Gasteiger partial charge in [-0.15, -0.1) is 5.10 Å². The molecule has 0 aliphatic carbocycles. The Kier molecular flexibility index (Phi) is 2.11. The summed E-state index contributed by atoms with van der Waals surface area (Å²) in [5.41, 5.74) is 0.771. The van der Waals surface area contributed by atoms with Crippen LogP contribution in [-0.2, 0) is 4.74 Å². The summed E-state index contributed by atoms with van der Waals surface area (Å²) in [6.07, 6.45) is 3.96. The van der Waals surface area contributed by atoms with Gasteiger partial charge in [0.15, 0.2) is 11.5 Å². The van der Waals surface area contributed by atoms with E-state index in [9.17, 15) is 0 Å². The number of rotatable bonds is 1. The Labute approximate surface area is 91.8 Å². The first-order valence-corrected chi connectivity index (χ1v) is 5.34. The Morgan fingerprint density at radius 1 is 1.53 bits per heavy atom. The molecule has 1 aliphatic heterocycles. The molecule has 5 heteroatoms. The second kappa shape index (κ2) is 3.47. The minimum Gasteiger partial charge on any atom is -0.370 e. The summed E-state index contributed by atoms with van der Waals surface area (Å²) >= 11 is 5.88. The SMILES string of the molecule is Clc1ccn2nc(C3CCCO3)nc2c1. The third-order valence-corrected chi connectivity index (χ3v) is 2.77. The van der Waals surface area contributed by atoms with Gasteiger partial charge in [-0.3, -0.25) is 0 Å². The third-order valence-electron chi connectivity index (χ3n) is 2.53. The average Bonchev–Trinajstić information content (AvgIpc) is 2.84. The van der Waals surface area contributed by atoms with Crippen LogP contribution in [0.1, 0.15) is 24.8 Å². The van der Waals surface area contributed by atoms with Gasteiger partial charge in [-0.25, -0.2) is 9.50 Å². The first-order valence-electron chi connectivity index (χ1n) is 4.96. The summed E-state index contributed by atoms with van der Waals surface area (Å²) in [5, 5.41) is 5.03. The predicted octanol–water partition coefficient (Wildman–Crippen LogP) is 2.23. The first-order chi connectivity index (χ1) is 7.33. The highest BCUT2D eigenvalue weighted by molar-refractivity contribution is 6.30. The lowest BCUT2D eigenvalue weighted by atomic mass is 10.2. The molecule has 1 unspecified atom stereocenters. The van der Waals surface area contributed by atoms with Gasteiger partial charge in [-0.1, -0.05) is 11.6 Å². The molecule has 0 radical (unpaired) electrons. The molecule has 0 N–H and O–H groups in total. The second-order valence-electron chi connectivity index (χ2n) is 3.62. The molecule has 1 aliphatic rings. The van der Waals surface area contributed by atoms with E-state index in [4.69, 9.17) is 16.3 Å². The Balaban J connectivity index is 2.05. The van der Waals surface area contributed by atoms with Crippen molar-refractivity contribution in [3.8, 4) is 0 Å². The Morgan fingerprint density at radius 3 is 3.27 bits per heavy atom. The molecule has 0 saturated carbocycles. The normalized spacial score (nSPS) is 21.3. The molecule has 3 rings (SSSR count). The van der Waals surface area contributed by atoms with Gasteiger partial charge in [0.05, 0.1) is 0 Å². The van der Waals surface area contributed by atoms with Crippen molar-refractivity contribution in [3.05, 3.63) is 29.2 Å². The van der Waals surface area contributed by atoms with Crippen molar-refractivity contribution in [1.82, 2.24) is 14.6 Å². The summed E-state index contributed by atoms with van der Waals surface area (Å²) in [5.74, 6) is 0.759. The molecule has 0 aromatic carbocycles. The maximum Gasteiger partial charge on any atom is 0.180 e. The molecule has 1 fully saturated rings. The standard InChI is InChI=1S/C10H10ClN3O/c11-7-3-4-14-9(6-7)12-10(13-14)8-2-1-5-15-8/h3-4,6,8H,1-2,5H2. The molecule has 4 nitrogen and oxygen atoms in total. The quantitative estimate of drug-likeness (QED) is 0.744. The van der Waals surface area contributed by atoms with Crippen LogP contribution < -0.4 is 0 Å². The highest BCUT2D eigenvalue weighted by Gasteiger charge is 2.21. The summed E-state index contributed by atoms with van der Waals surface area (Å²) < 4.78 is 7.25. The number of fused-ring (bicyclic) bond motifs is 1. The molecule has 78 valence electrons. The molecular formula is C10H10ClN3O. The highest BCUT2D eigenvalue weighted by Crippen LogP contribution is 2.26. The largest absolute Gasteiger partial charge is 0.370 e. The summed E-state index contributed by atoms with van der Waals surface area (Å²) in [6.45, 7) is 0.807. The van der Waals surface area contributed by atoms with Gasteiger partial charge in [0.1, 0.15) is 6.10 Å². The van der Waals surface area contributed by atoms with Crippen LogP contribution in [0.3, 0.4) is 0 Å². The van der Waals surface area contributed by atoms with Gasteiger partial charge in [0.2, 0.25) is 0 Å². The molecule has 1 atom stereocenters. The lowest BCUT2D eigenvalue weighted by molar-refractivity contribution is 0.105. The number of nitrogens with zero attached hydrogens (tertiary/aromatic N) is 3. The number of halogens is 1. The van der Waals surface area contributed by atoms with Crippen molar-refractivity contribution < 1.29 is 4.74 Å². The zero-order valence-corrected chi connectivity index (χ0v) is 8.81. The van der Waals surface area contributed by atoms with Crippen molar-refractivity contribution >= 4 is 17.2 Å². The number of hydrogen-bond donors (Lipinski definition) is 0. The number of hydrogen-bond acceptors (Lipinski definition) is 3. The van der Waals surface area contributed by atoms with Crippen LogP contribution in [-0.4, -0.2) is 21.2 Å². The molecule has 2 aromatic rings. The first kappa shape index (κ1) is 9.12. The third kappa shape index (κ3) is 1.60. The lowest BCUT2D eigenvalue weighted by Crippen LogP contribution is -1.98. The lowest BCUT2D eigenvalue weighted by Gasteiger charge is -2.01. The summed E-state index contributed by atoms with van der Waals surface area (Å²) in [4.78, 5) is 4.40. The van der Waals surface area contributed by atoms with Gasteiger partial charge in [-0.05, 0) is 18.9 Å². The fourth-order valence-electron chi connectivity index (χ4n) is 1.79. The van der Waals surface area contributed by atoms with Crippen molar-refractivity contribution in [1.29, 1.82) is 0 Å². The molecule has 15 heavy (non-hydrogen) atoms. The van der Waals surface area contributed by atoms with Crippen molar-refractivity contribution in [2.24, 2.45) is 0 Å². The minimum atomic E-state index is 0.0590. The van der Waals surface area contributed by atoms with Gasteiger partial charge in [0, 0.05) is 23.9 Å². The van der Waals surface area contributed by atoms with E-state index in [0.717, 1.165) is 30.9 Å². The van der Waals surface area contributed by atoms with Crippen LogP contribution in [0.25, 0.3) is 5.65 Å². The fourth-order valence-corrected chi connectivity index (χ4v) is 1.95. The maximum absolute atomic E-state index is 5.88. The molecule has 1 saturated heterocycles. The summed E-state index contributed by atoms with van der Waals surface area (Å²) in [6, 6.07) is 3.59. The Hall–Kier alpha value is -1.13. The van der Waals surface area contributed by atoms with Crippen LogP contribution in [0, 0.1) is 0 Å². The number of ether oxygens (including phenoxy) is 1. The van der Waals surface area contributed by atoms with E-state index in [1.165, 1.54) is 0 Å². The van der Waals surface area contributed by atoms with Gasteiger partial charge < -0.3 is 4.74 Å².